The molecule has 0 saturated heterocycles. The van der Waals surface area contributed by atoms with Crippen molar-refractivity contribution in [2.45, 2.75) is 43.5 Å². The number of rotatable bonds is 11. The van der Waals surface area contributed by atoms with Crippen LogP contribution in [0.5, 0.6) is 0 Å². The minimum absolute atomic E-state index is 0.144. The smallest absolute Gasteiger partial charge is 0.241 e. The van der Waals surface area contributed by atoms with Crippen LogP contribution in [0.4, 0.5) is 0 Å². The van der Waals surface area contributed by atoms with Crippen LogP contribution in [0.25, 0.3) is 0 Å². The van der Waals surface area contributed by atoms with Crippen molar-refractivity contribution in [1.82, 2.24) is 10.0 Å². The first-order valence-electron chi connectivity index (χ1n) is 10.8. The highest BCUT2D eigenvalue weighted by Gasteiger charge is 2.25. The van der Waals surface area contributed by atoms with E-state index in [0.29, 0.717) is 6.54 Å². The number of sulfonamides is 1. The Balaban J connectivity index is 1.61. The Kier molecular flexibility index (Phi) is 8.59. The van der Waals surface area contributed by atoms with Crippen molar-refractivity contribution >= 4 is 15.9 Å². The number of amides is 1. The summed E-state index contributed by atoms with van der Waals surface area (Å²) in [4.78, 5) is 13.0. The highest BCUT2D eigenvalue weighted by molar-refractivity contribution is 7.89. The first-order valence-corrected chi connectivity index (χ1v) is 12.3. The van der Waals surface area contributed by atoms with Gasteiger partial charge in [0.2, 0.25) is 15.9 Å². The van der Waals surface area contributed by atoms with Gasteiger partial charge < -0.3 is 5.32 Å². The molecule has 1 unspecified atom stereocenters. The van der Waals surface area contributed by atoms with Gasteiger partial charge in [0.25, 0.3) is 0 Å². The second-order valence-corrected chi connectivity index (χ2v) is 9.55. The van der Waals surface area contributed by atoms with Gasteiger partial charge in [0.1, 0.15) is 6.04 Å². The van der Waals surface area contributed by atoms with Crippen molar-refractivity contribution in [3.8, 4) is 0 Å². The molecule has 5 nitrogen and oxygen atoms in total. The quantitative estimate of drug-likeness (QED) is 0.437. The first kappa shape index (κ1) is 23.7. The summed E-state index contributed by atoms with van der Waals surface area (Å²) < 4.78 is 28.4. The summed E-state index contributed by atoms with van der Waals surface area (Å²) in [5.74, 6) is -0.326. The molecule has 3 aromatic carbocycles. The zero-order valence-corrected chi connectivity index (χ0v) is 19.1. The summed E-state index contributed by atoms with van der Waals surface area (Å²) in [6, 6.07) is 26.0. The highest BCUT2D eigenvalue weighted by Crippen LogP contribution is 2.13. The molecule has 0 bridgehead atoms. The summed E-state index contributed by atoms with van der Waals surface area (Å²) in [5, 5.41) is 2.90. The van der Waals surface area contributed by atoms with Crippen molar-refractivity contribution in [2.24, 2.45) is 0 Å². The fourth-order valence-electron chi connectivity index (χ4n) is 3.39. The monoisotopic (exact) mass is 449 g/mol. The van der Waals surface area contributed by atoms with Crippen LogP contribution >= 0.6 is 0 Å². The van der Waals surface area contributed by atoms with Crippen LogP contribution < -0.4 is 10.0 Å². The van der Waals surface area contributed by atoms with Gasteiger partial charge in [-0.25, -0.2) is 8.42 Å². The Morgan fingerprint density at radius 1 is 0.906 bits per heavy atom. The zero-order chi connectivity index (χ0) is 22.8. The van der Waals surface area contributed by atoms with E-state index in [-0.39, 0.29) is 17.2 Å². The third kappa shape index (κ3) is 7.32. The van der Waals surface area contributed by atoms with Crippen molar-refractivity contribution < 1.29 is 13.2 Å². The zero-order valence-electron chi connectivity index (χ0n) is 18.3. The summed E-state index contributed by atoms with van der Waals surface area (Å²) in [6.45, 7) is 2.39. The molecule has 0 aliphatic heterocycles. The predicted molar refractivity (Wildman–Crippen MR) is 127 cm³/mol. The van der Waals surface area contributed by atoms with E-state index < -0.39 is 16.1 Å². The second-order valence-electron chi connectivity index (χ2n) is 7.83. The normalized spacial score (nSPS) is 12.3. The third-order valence-corrected chi connectivity index (χ3v) is 6.69. The lowest BCUT2D eigenvalue weighted by Gasteiger charge is -2.19. The molecule has 2 N–H and O–H groups in total. The van der Waals surface area contributed by atoms with Crippen LogP contribution in [0.3, 0.4) is 0 Å². The van der Waals surface area contributed by atoms with Crippen molar-refractivity contribution in [3.63, 3.8) is 0 Å². The highest BCUT2D eigenvalue weighted by atomic mass is 32.2. The number of unbranched alkanes of at least 4 members (excludes halogenated alkanes) is 1. The number of carbonyl (C=O) groups is 1. The Bertz CT molecular complexity index is 1080. The van der Waals surface area contributed by atoms with E-state index in [1.807, 2.05) is 37.3 Å². The van der Waals surface area contributed by atoms with Gasteiger partial charge in [-0.1, -0.05) is 72.3 Å². The van der Waals surface area contributed by atoms with Gasteiger partial charge in [0.05, 0.1) is 4.90 Å². The van der Waals surface area contributed by atoms with E-state index in [0.717, 1.165) is 30.4 Å². The van der Waals surface area contributed by atoms with Gasteiger partial charge >= 0.3 is 0 Å². The summed E-state index contributed by atoms with van der Waals surface area (Å²) in [5.41, 5.74) is 3.09. The van der Waals surface area contributed by atoms with E-state index in [1.165, 1.54) is 5.56 Å². The molecule has 1 radical (unpaired) electrons. The van der Waals surface area contributed by atoms with Crippen LogP contribution in [-0.2, 0) is 27.7 Å². The topological polar surface area (TPSA) is 75.3 Å². The van der Waals surface area contributed by atoms with E-state index >= 15 is 0 Å². The largest absolute Gasteiger partial charge is 0.355 e. The number of carbonyl (C=O) groups excluding carboxylic acids is 1. The number of benzene rings is 3. The van der Waals surface area contributed by atoms with Crippen LogP contribution in [0, 0.1) is 13.0 Å². The SMILES string of the molecule is Cc1ccc(S(=O)(=O)NC(Cc2cc[c]cc2)C(=O)NCCCCc2ccccc2)cc1. The van der Waals surface area contributed by atoms with Crippen LogP contribution in [0.1, 0.15) is 29.5 Å². The maximum absolute atomic E-state index is 12.9. The van der Waals surface area contributed by atoms with Crippen LogP contribution in [-0.4, -0.2) is 26.9 Å². The molecule has 0 fully saturated rings. The molecular weight excluding hydrogens is 420 g/mol. The van der Waals surface area contributed by atoms with Gasteiger partial charge in [-0.15, -0.1) is 0 Å². The van der Waals surface area contributed by atoms with Crippen molar-refractivity contribution in [2.75, 3.05) is 6.54 Å². The maximum Gasteiger partial charge on any atom is 0.241 e. The molecule has 1 atom stereocenters. The molecule has 0 aromatic heterocycles. The number of hydrogen-bond donors (Lipinski definition) is 2. The maximum atomic E-state index is 12.9. The van der Waals surface area contributed by atoms with Crippen molar-refractivity contribution in [1.29, 1.82) is 0 Å². The Labute approximate surface area is 190 Å². The van der Waals surface area contributed by atoms with Gasteiger partial charge in [-0.05, 0) is 61.9 Å². The molecule has 1 amide bonds. The van der Waals surface area contributed by atoms with E-state index in [2.05, 4.69) is 28.2 Å². The molecule has 0 saturated carbocycles. The lowest BCUT2D eigenvalue weighted by molar-refractivity contribution is -0.122. The number of aryl methyl sites for hydroxylation is 2. The van der Waals surface area contributed by atoms with Crippen LogP contribution in [0.2, 0.25) is 0 Å². The molecule has 0 aliphatic carbocycles. The number of hydrogen-bond acceptors (Lipinski definition) is 3. The molecule has 32 heavy (non-hydrogen) atoms. The molecule has 3 rings (SSSR count). The summed E-state index contributed by atoms with van der Waals surface area (Å²) >= 11 is 0. The third-order valence-electron chi connectivity index (χ3n) is 5.21. The van der Waals surface area contributed by atoms with Gasteiger partial charge in [-0.3, -0.25) is 4.79 Å². The minimum atomic E-state index is -3.83. The molecule has 167 valence electrons. The Hall–Kier alpha value is -2.96. The first-order chi connectivity index (χ1) is 15.4. The predicted octanol–water partition coefficient (Wildman–Crippen LogP) is 3.82. The van der Waals surface area contributed by atoms with E-state index in [1.54, 1.807) is 36.4 Å². The Morgan fingerprint density at radius 2 is 1.59 bits per heavy atom. The minimum Gasteiger partial charge on any atom is -0.355 e. The molecule has 0 heterocycles. The second kappa shape index (κ2) is 11.6. The molecule has 6 heteroatoms. The molecule has 0 spiro atoms. The van der Waals surface area contributed by atoms with Gasteiger partial charge in [0, 0.05) is 6.54 Å². The average Bonchev–Trinajstić information content (AvgIpc) is 2.80. The summed E-state index contributed by atoms with van der Waals surface area (Å²) in [6.07, 6.45) is 2.97. The van der Waals surface area contributed by atoms with E-state index in [4.69, 9.17) is 0 Å². The fourth-order valence-corrected chi connectivity index (χ4v) is 4.58. The molecular formula is C26H29N2O3S. The standard InChI is InChI=1S/C26H29N2O3S/c1-21-15-17-24(18-16-21)32(30,31)28-25(20-23-13-6-3-7-14-23)26(29)27-19-9-8-12-22-10-4-2-5-11-22/h2,4-7,10-11,13-18,25,28H,8-9,12,19-20H2,1H3,(H,27,29). The molecule has 0 aliphatic rings. The van der Waals surface area contributed by atoms with Gasteiger partial charge in [-0.2, -0.15) is 4.72 Å². The average molecular weight is 450 g/mol. The lowest BCUT2D eigenvalue weighted by Crippen LogP contribution is -2.48. The Morgan fingerprint density at radius 3 is 2.28 bits per heavy atom. The number of nitrogens with one attached hydrogen (secondary N) is 2. The van der Waals surface area contributed by atoms with Crippen LogP contribution in [0.15, 0.2) is 83.8 Å². The molecule has 3 aromatic rings. The fraction of sp³-hybridized carbons (Fsp3) is 0.269. The van der Waals surface area contributed by atoms with Crippen molar-refractivity contribution in [3.05, 3.63) is 102 Å². The van der Waals surface area contributed by atoms with Gasteiger partial charge in [0.15, 0.2) is 0 Å². The van der Waals surface area contributed by atoms with E-state index in [9.17, 15) is 13.2 Å². The lowest BCUT2D eigenvalue weighted by atomic mass is 10.1. The summed E-state index contributed by atoms with van der Waals surface area (Å²) in [7, 11) is -3.83.